The number of halogens is 3. The Morgan fingerprint density at radius 2 is 1.90 bits per heavy atom. The smallest absolute Gasteiger partial charge is 0.416 e. The highest BCUT2D eigenvalue weighted by atomic mass is 19.4. The Kier molecular flexibility index (Phi) is 3.87. The number of alkyl halides is 3. The number of aryl methyl sites for hydroxylation is 1. The Labute approximate surface area is 114 Å². The van der Waals surface area contributed by atoms with Crippen LogP contribution in [0.5, 0.6) is 0 Å². The molecule has 2 aromatic rings. The summed E-state index contributed by atoms with van der Waals surface area (Å²) in [6.45, 7) is 2.07. The lowest BCUT2D eigenvalue weighted by Gasteiger charge is -2.12. The third kappa shape index (κ3) is 3.43. The fourth-order valence-electron chi connectivity index (χ4n) is 1.67. The van der Waals surface area contributed by atoms with Gasteiger partial charge in [-0.2, -0.15) is 13.2 Å². The molecule has 7 heteroatoms. The number of furan rings is 1. The van der Waals surface area contributed by atoms with Crippen molar-refractivity contribution in [3.05, 3.63) is 41.3 Å². The zero-order chi connectivity index (χ0) is 14.8. The van der Waals surface area contributed by atoms with Gasteiger partial charge in [0.05, 0.1) is 12.1 Å². The molecule has 0 saturated heterocycles. The number of pyridine rings is 1. The fraction of sp³-hybridized carbons (Fsp3) is 0.308. The summed E-state index contributed by atoms with van der Waals surface area (Å²) in [5, 5.41) is 5.42. The van der Waals surface area contributed by atoms with Gasteiger partial charge in [0.25, 0.3) is 0 Å². The maximum Gasteiger partial charge on any atom is 0.416 e. The van der Waals surface area contributed by atoms with E-state index < -0.39 is 11.7 Å². The van der Waals surface area contributed by atoms with Crippen LogP contribution >= 0.6 is 0 Å². The van der Waals surface area contributed by atoms with E-state index in [0.717, 1.165) is 17.9 Å². The third-order valence-corrected chi connectivity index (χ3v) is 2.65. The van der Waals surface area contributed by atoms with Crippen molar-refractivity contribution in [2.24, 2.45) is 0 Å². The van der Waals surface area contributed by atoms with Crippen LogP contribution in [0.2, 0.25) is 0 Å². The first kappa shape index (κ1) is 14.2. The molecule has 0 unspecified atom stereocenters. The van der Waals surface area contributed by atoms with E-state index in [1.165, 1.54) is 7.05 Å². The molecule has 4 nitrogen and oxygen atoms in total. The number of hydrogen-bond acceptors (Lipinski definition) is 4. The van der Waals surface area contributed by atoms with Gasteiger partial charge in [0.15, 0.2) is 0 Å². The standard InChI is InChI=1S/C13H14F3N3O/c1-8-3-4-10(20-8)7-18-12-6-9(13(14,15)16)5-11(17-2)19-12/h3-6H,7H2,1-2H3,(H2,17,18,19). The number of nitrogens with one attached hydrogen (secondary N) is 2. The first-order valence-electron chi connectivity index (χ1n) is 5.94. The zero-order valence-electron chi connectivity index (χ0n) is 11.0. The van der Waals surface area contributed by atoms with Gasteiger partial charge in [-0.05, 0) is 31.2 Å². The van der Waals surface area contributed by atoms with Crippen LogP contribution in [-0.2, 0) is 12.7 Å². The first-order valence-corrected chi connectivity index (χ1v) is 5.94. The summed E-state index contributed by atoms with van der Waals surface area (Å²) in [6.07, 6.45) is -4.41. The predicted octanol–water partition coefficient (Wildman–Crippen LogP) is 3.66. The summed E-state index contributed by atoms with van der Waals surface area (Å²) >= 11 is 0. The molecule has 20 heavy (non-hydrogen) atoms. The maximum atomic E-state index is 12.7. The number of anilines is 2. The van der Waals surface area contributed by atoms with Crippen molar-refractivity contribution in [2.45, 2.75) is 19.6 Å². The molecule has 0 atom stereocenters. The SMILES string of the molecule is CNc1cc(C(F)(F)F)cc(NCc2ccc(C)o2)n1. The average Bonchev–Trinajstić information content (AvgIpc) is 2.81. The summed E-state index contributed by atoms with van der Waals surface area (Å²) in [4.78, 5) is 4.02. The predicted molar refractivity (Wildman–Crippen MR) is 69.6 cm³/mol. The van der Waals surface area contributed by atoms with E-state index in [-0.39, 0.29) is 18.2 Å². The van der Waals surface area contributed by atoms with Crippen molar-refractivity contribution in [1.82, 2.24) is 4.98 Å². The quantitative estimate of drug-likeness (QED) is 0.900. The van der Waals surface area contributed by atoms with Crippen molar-refractivity contribution in [2.75, 3.05) is 17.7 Å². The molecule has 0 bridgehead atoms. The van der Waals surface area contributed by atoms with Gasteiger partial charge in [-0.1, -0.05) is 0 Å². The molecule has 2 heterocycles. The first-order chi connectivity index (χ1) is 9.38. The molecule has 0 amide bonds. The summed E-state index contributed by atoms with van der Waals surface area (Å²) < 4.78 is 43.6. The Morgan fingerprint density at radius 3 is 2.45 bits per heavy atom. The van der Waals surface area contributed by atoms with E-state index in [1.807, 2.05) is 0 Å². The van der Waals surface area contributed by atoms with Crippen LogP contribution in [-0.4, -0.2) is 12.0 Å². The lowest BCUT2D eigenvalue weighted by molar-refractivity contribution is -0.137. The maximum absolute atomic E-state index is 12.7. The summed E-state index contributed by atoms with van der Waals surface area (Å²) in [7, 11) is 1.52. The molecule has 0 spiro atoms. The Balaban J connectivity index is 2.18. The minimum absolute atomic E-state index is 0.137. The van der Waals surface area contributed by atoms with E-state index in [0.29, 0.717) is 5.76 Å². The number of nitrogens with zero attached hydrogens (tertiary/aromatic N) is 1. The van der Waals surface area contributed by atoms with E-state index in [2.05, 4.69) is 15.6 Å². The number of hydrogen-bond donors (Lipinski definition) is 2. The van der Waals surface area contributed by atoms with Crippen LogP contribution in [0.4, 0.5) is 24.8 Å². The molecule has 0 aromatic carbocycles. The van der Waals surface area contributed by atoms with Gasteiger partial charge >= 0.3 is 6.18 Å². The summed E-state index contributed by atoms with van der Waals surface area (Å²) in [5.74, 6) is 1.67. The van der Waals surface area contributed by atoms with Crippen molar-refractivity contribution in [3.63, 3.8) is 0 Å². The molecule has 2 N–H and O–H groups in total. The van der Waals surface area contributed by atoms with E-state index in [1.54, 1.807) is 19.1 Å². The topological polar surface area (TPSA) is 50.1 Å². The highest BCUT2D eigenvalue weighted by Crippen LogP contribution is 2.32. The van der Waals surface area contributed by atoms with Gasteiger partial charge in [0, 0.05) is 7.05 Å². The number of rotatable bonds is 4. The van der Waals surface area contributed by atoms with Crippen LogP contribution in [0.25, 0.3) is 0 Å². The summed E-state index contributed by atoms with van der Waals surface area (Å²) in [5.41, 5.74) is -0.755. The van der Waals surface area contributed by atoms with Gasteiger partial charge in [0.2, 0.25) is 0 Å². The van der Waals surface area contributed by atoms with Crippen LogP contribution in [0.15, 0.2) is 28.7 Å². The molecule has 0 aliphatic carbocycles. The van der Waals surface area contributed by atoms with Gasteiger partial charge in [-0.3, -0.25) is 0 Å². The zero-order valence-corrected chi connectivity index (χ0v) is 11.0. The molecular formula is C13H14F3N3O. The molecular weight excluding hydrogens is 271 g/mol. The van der Waals surface area contributed by atoms with Crippen molar-refractivity contribution in [1.29, 1.82) is 0 Å². The largest absolute Gasteiger partial charge is 0.465 e. The minimum Gasteiger partial charge on any atom is -0.465 e. The molecule has 0 radical (unpaired) electrons. The molecule has 0 saturated carbocycles. The summed E-state index contributed by atoms with van der Waals surface area (Å²) in [6, 6.07) is 5.48. The second kappa shape index (κ2) is 5.44. The monoisotopic (exact) mass is 285 g/mol. The Morgan fingerprint density at radius 1 is 1.20 bits per heavy atom. The van der Waals surface area contributed by atoms with Crippen LogP contribution in [0.1, 0.15) is 17.1 Å². The van der Waals surface area contributed by atoms with Gasteiger partial charge in [-0.15, -0.1) is 0 Å². The lowest BCUT2D eigenvalue weighted by Crippen LogP contribution is -2.09. The molecule has 2 rings (SSSR count). The van der Waals surface area contributed by atoms with Gasteiger partial charge < -0.3 is 15.1 Å². The molecule has 0 aliphatic rings. The second-order valence-corrected chi connectivity index (χ2v) is 4.24. The van der Waals surface area contributed by atoms with Gasteiger partial charge in [0.1, 0.15) is 23.2 Å². The van der Waals surface area contributed by atoms with E-state index in [4.69, 9.17) is 4.42 Å². The fourth-order valence-corrected chi connectivity index (χ4v) is 1.67. The van der Waals surface area contributed by atoms with Crippen LogP contribution in [0.3, 0.4) is 0 Å². The average molecular weight is 285 g/mol. The van der Waals surface area contributed by atoms with Crippen molar-refractivity contribution >= 4 is 11.6 Å². The van der Waals surface area contributed by atoms with E-state index in [9.17, 15) is 13.2 Å². The molecule has 0 fully saturated rings. The van der Waals surface area contributed by atoms with E-state index >= 15 is 0 Å². The van der Waals surface area contributed by atoms with Gasteiger partial charge in [-0.25, -0.2) is 4.98 Å². The van der Waals surface area contributed by atoms with Crippen LogP contribution in [0, 0.1) is 6.92 Å². The van der Waals surface area contributed by atoms with Crippen molar-refractivity contribution < 1.29 is 17.6 Å². The third-order valence-electron chi connectivity index (χ3n) is 2.65. The minimum atomic E-state index is -4.41. The molecule has 0 aliphatic heterocycles. The molecule has 108 valence electrons. The normalized spacial score (nSPS) is 11.4. The Bertz CT molecular complexity index is 593. The highest BCUT2D eigenvalue weighted by molar-refractivity contribution is 5.49. The number of aromatic nitrogens is 1. The van der Waals surface area contributed by atoms with Crippen LogP contribution < -0.4 is 10.6 Å². The lowest BCUT2D eigenvalue weighted by atomic mass is 10.2. The van der Waals surface area contributed by atoms with Crippen molar-refractivity contribution in [3.8, 4) is 0 Å². The highest BCUT2D eigenvalue weighted by Gasteiger charge is 2.31. The Hall–Kier alpha value is -2.18. The molecule has 2 aromatic heterocycles. The second-order valence-electron chi connectivity index (χ2n) is 4.24.